The molecule has 1 unspecified atom stereocenters. The maximum absolute atomic E-state index is 11.5. The molecule has 0 aliphatic rings. The van der Waals surface area contributed by atoms with E-state index in [9.17, 15) is 4.79 Å². The Kier molecular flexibility index (Phi) is 4.28. The van der Waals surface area contributed by atoms with Crippen molar-refractivity contribution < 1.29 is 4.79 Å². The zero-order valence-corrected chi connectivity index (χ0v) is 9.65. The van der Waals surface area contributed by atoms with Crippen LogP contribution in [0.25, 0.3) is 0 Å². The molecule has 1 N–H and O–H groups in total. The van der Waals surface area contributed by atoms with E-state index in [0.29, 0.717) is 17.4 Å². The molecule has 1 rings (SSSR count). The number of nitrogens with one attached hydrogen (secondary N) is 1. The monoisotopic (exact) mass is 233 g/mol. The normalized spacial score (nSPS) is 12.5. The Hall–Kier alpha value is -0.680. The van der Waals surface area contributed by atoms with E-state index < -0.39 is 0 Å². The minimum Gasteiger partial charge on any atom is -0.300 e. The first kappa shape index (κ1) is 11.4. The van der Waals surface area contributed by atoms with Gasteiger partial charge < -0.3 is 5.32 Å². The summed E-state index contributed by atoms with van der Waals surface area (Å²) in [5.41, 5.74) is 0. The molecule has 0 radical (unpaired) electrons. The molecule has 0 spiro atoms. The number of hydrogen-bond acceptors (Lipinski definition) is 4. The molecule has 0 aliphatic heterocycles. The average Bonchev–Trinajstić information content (AvgIpc) is 2.51. The van der Waals surface area contributed by atoms with Crippen LogP contribution in [0.15, 0.2) is 0 Å². The molecule has 0 saturated carbocycles. The first-order valence-electron chi connectivity index (χ1n) is 4.30. The average molecular weight is 234 g/mol. The molecule has 1 amide bonds. The summed E-state index contributed by atoms with van der Waals surface area (Å²) < 4.78 is 0. The van der Waals surface area contributed by atoms with E-state index in [1.165, 1.54) is 11.3 Å². The number of carbonyl (C=O) groups is 1. The second-order valence-corrected chi connectivity index (χ2v) is 4.55. The smallest absolute Gasteiger partial charge is 0.229 e. The number of nitrogens with zero attached hydrogens (tertiary/aromatic N) is 2. The summed E-state index contributed by atoms with van der Waals surface area (Å²) in [6.07, 6.45) is 0.672. The number of aryl methyl sites for hydroxylation is 1. The third-order valence-corrected chi connectivity index (χ3v) is 2.72. The highest BCUT2D eigenvalue weighted by Crippen LogP contribution is 2.15. The third kappa shape index (κ3) is 3.23. The maximum Gasteiger partial charge on any atom is 0.229 e. The quantitative estimate of drug-likeness (QED) is 0.810. The lowest BCUT2D eigenvalue weighted by Crippen LogP contribution is -2.20. The van der Waals surface area contributed by atoms with E-state index in [4.69, 9.17) is 11.6 Å². The highest BCUT2D eigenvalue weighted by Gasteiger charge is 2.13. The van der Waals surface area contributed by atoms with Gasteiger partial charge >= 0.3 is 0 Å². The molecule has 0 saturated heterocycles. The Morgan fingerprint density at radius 1 is 1.64 bits per heavy atom. The summed E-state index contributed by atoms with van der Waals surface area (Å²) >= 11 is 6.91. The summed E-state index contributed by atoms with van der Waals surface area (Å²) in [4.78, 5) is 11.5. The molecular weight excluding hydrogens is 222 g/mol. The van der Waals surface area contributed by atoms with Crippen LogP contribution < -0.4 is 5.32 Å². The van der Waals surface area contributed by atoms with Crippen molar-refractivity contribution in [1.82, 2.24) is 10.2 Å². The zero-order valence-electron chi connectivity index (χ0n) is 8.08. The molecule has 14 heavy (non-hydrogen) atoms. The summed E-state index contributed by atoms with van der Waals surface area (Å²) in [7, 11) is 0. The Morgan fingerprint density at radius 2 is 2.36 bits per heavy atom. The summed E-state index contributed by atoms with van der Waals surface area (Å²) in [6.45, 7) is 3.68. The van der Waals surface area contributed by atoms with Gasteiger partial charge in [-0.05, 0) is 13.3 Å². The van der Waals surface area contributed by atoms with Crippen molar-refractivity contribution in [3.8, 4) is 0 Å². The first-order valence-corrected chi connectivity index (χ1v) is 5.65. The number of aromatic nitrogens is 2. The van der Waals surface area contributed by atoms with Gasteiger partial charge in [-0.3, -0.25) is 4.79 Å². The minimum atomic E-state index is -0.0864. The lowest BCUT2D eigenvalue weighted by atomic mass is 10.1. The highest BCUT2D eigenvalue weighted by atomic mass is 35.5. The van der Waals surface area contributed by atoms with Gasteiger partial charge in [-0.1, -0.05) is 18.3 Å². The van der Waals surface area contributed by atoms with Gasteiger partial charge in [0.05, 0.1) is 0 Å². The van der Waals surface area contributed by atoms with Crippen molar-refractivity contribution in [3.63, 3.8) is 0 Å². The van der Waals surface area contributed by atoms with Gasteiger partial charge in [-0.25, -0.2) is 0 Å². The van der Waals surface area contributed by atoms with E-state index >= 15 is 0 Å². The van der Waals surface area contributed by atoms with Gasteiger partial charge in [0.1, 0.15) is 5.01 Å². The van der Waals surface area contributed by atoms with Gasteiger partial charge in [0.25, 0.3) is 0 Å². The molecule has 0 aliphatic carbocycles. The topological polar surface area (TPSA) is 54.9 Å². The second-order valence-electron chi connectivity index (χ2n) is 2.99. The first-order chi connectivity index (χ1) is 6.63. The molecule has 6 heteroatoms. The molecule has 1 atom stereocenters. The maximum atomic E-state index is 11.5. The highest BCUT2D eigenvalue weighted by molar-refractivity contribution is 7.15. The van der Waals surface area contributed by atoms with Crippen LogP contribution in [0.4, 0.5) is 5.13 Å². The number of rotatable bonds is 4. The van der Waals surface area contributed by atoms with Crippen molar-refractivity contribution in [2.45, 2.75) is 20.3 Å². The van der Waals surface area contributed by atoms with Crippen LogP contribution in [0.3, 0.4) is 0 Å². The largest absolute Gasteiger partial charge is 0.300 e. The molecule has 1 aromatic rings. The van der Waals surface area contributed by atoms with Crippen LogP contribution in [0, 0.1) is 12.8 Å². The molecule has 0 bridgehead atoms. The lowest BCUT2D eigenvalue weighted by Gasteiger charge is -2.07. The molecule has 78 valence electrons. The van der Waals surface area contributed by atoms with Crippen LogP contribution in [-0.4, -0.2) is 22.0 Å². The zero-order chi connectivity index (χ0) is 10.6. The number of anilines is 1. The van der Waals surface area contributed by atoms with Crippen LogP contribution in [0.2, 0.25) is 0 Å². The van der Waals surface area contributed by atoms with Crippen LogP contribution in [0.5, 0.6) is 0 Å². The number of halogens is 1. The SMILES string of the molecule is Cc1nnc(NC(=O)C(C)CCCl)s1. The van der Waals surface area contributed by atoms with Crippen molar-refractivity contribution in [2.24, 2.45) is 5.92 Å². The van der Waals surface area contributed by atoms with Crippen LogP contribution >= 0.6 is 22.9 Å². The van der Waals surface area contributed by atoms with E-state index in [1.807, 2.05) is 13.8 Å². The molecule has 1 aromatic heterocycles. The van der Waals surface area contributed by atoms with Gasteiger partial charge in [0.2, 0.25) is 11.0 Å². The van der Waals surface area contributed by atoms with Crippen molar-refractivity contribution >= 4 is 34.0 Å². The van der Waals surface area contributed by atoms with E-state index in [-0.39, 0.29) is 11.8 Å². The molecule has 1 heterocycles. The molecule has 4 nitrogen and oxygen atoms in total. The number of carbonyl (C=O) groups excluding carboxylic acids is 1. The predicted molar refractivity (Wildman–Crippen MR) is 57.8 cm³/mol. The standard InChI is InChI=1S/C8H12ClN3OS/c1-5(3-4-9)7(13)10-8-12-11-6(2)14-8/h5H,3-4H2,1-2H3,(H,10,12,13). The fraction of sp³-hybridized carbons (Fsp3) is 0.625. The van der Waals surface area contributed by atoms with E-state index in [1.54, 1.807) is 0 Å². The fourth-order valence-electron chi connectivity index (χ4n) is 0.870. The molecular formula is C8H12ClN3OS. The van der Waals surface area contributed by atoms with Crippen LogP contribution in [-0.2, 0) is 4.79 Å². The molecule has 0 fully saturated rings. The van der Waals surface area contributed by atoms with E-state index in [2.05, 4.69) is 15.5 Å². The fourth-order valence-corrected chi connectivity index (χ4v) is 1.79. The Bertz CT molecular complexity index is 315. The number of hydrogen-bond donors (Lipinski definition) is 1. The summed E-state index contributed by atoms with van der Waals surface area (Å²) in [5.74, 6) is 0.350. The minimum absolute atomic E-state index is 0.0539. The predicted octanol–water partition coefficient (Wildman–Crippen LogP) is 2.05. The second kappa shape index (κ2) is 5.26. The van der Waals surface area contributed by atoms with Crippen molar-refractivity contribution in [3.05, 3.63) is 5.01 Å². The third-order valence-electron chi connectivity index (χ3n) is 1.75. The van der Waals surface area contributed by atoms with Gasteiger partial charge in [-0.15, -0.1) is 21.8 Å². The van der Waals surface area contributed by atoms with Gasteiger partial charge in [0, 0.05) is 11.8 Å². The van der Waals surface area contributed by atoms with E-state index in [0.717, 1.165) is 5.01 Å². The number of amides is 1. The Labute approximate surface area is 91.7 Å². The summed E-state index contributed by atoms with van der Waals surface area (Å²) in [5, 5.41) is 11.7. The molecule has 0 aromatic carbocycles. The Balaban J connectivity index is 2.48. The van der Waals surface area contributed by atoms with Gasteiger partial charge in [-0.2, -0.15) is 0 Å². The Morgan fingerprint density at radius 3 is 2.86 bits per heavy atom. The van der Waals surface area contributed by atoms with Gasteiger partial charge in [0.15, 0.2) is 0 Å². The van der Waals surface area contributed by atoms with Crippen LogP contribution in [0.1, 0.15) is 18.4 Å². The van der Waals surface area contributed by atoms with Crippen molar-refractivity contribution in [1.29, 1.82) is 0 Å². The van der Waals surface area contributed by atoms with Crippen molar-refractivity contribution in [2.75, 3.05) is 11.2 Å². The lowest BCUT2D eigenvalue weighted by molar-refractivity contribution is -0.119. The number of alkyl halides is 1. The summed E-state index contributed by atoms with van der Waals surface area (Å²) in [6, 6.07) is 0.